The van der Waals surface area contributed by atoms with Gasteiger partial charge < -0.3 is 25.2 Å². The highest BCUT2D eigenvalue weighted by Gasteiger charge is 2.38. The van der Waals surface area contributed by atoms with Crippen molar-refractivity contribution in [2.24, 2.45) is 0 Å². The summed E-state index contributed by atoms with van der Waals surface area (Å²) < 4.78 is 61.4. The Morgan fingerprint density at radius 2 is 1.67 bits per heavy atom. The topological polar surface area (TPSA) is 171 Å². The lowest BCUT2D eigenvalue weighted by Crippen LogP contribution is -2.42. The second-order valence-electron chi connectivity index (χ2n) is 10.4. The lowest BCUT2D eigenvalue weighted by Gasteiger charge is -2.28. The van der Waals surface area contributed by atoms with E-state index in [0.717, 1.165) is 0 Å². The summed E-state index contributed by atoms with van der Waals surface area (Å²) in [5, 5.41) is 30.8. The molecule has 0 saturated carbocycles. The van der Waals surface area contributed by atoms with E-state index in [9.17, 15) is 36.6 Å². The zero-order valence-corrected chi connectivity index (χ0v) is 25.5. The minimum atomic E-state index is -5.08. The molecule has 0 unspecified atom stereocenters. The summed E-state index contributed by atoms with van der Waals surface area (Å²) in [6.45, 7) is 4.81. The number of carbonyl (C=O) groups is 2. The Kier molecular flexibility index (Phi) is 11.2. The van der Waals surface area contributed by atoms with Crippen LogP contribution in [0.2, 0.25) is 5.02 Å². The molecule has 16 heteroatoms. The number of carboxylic acid groups (broad SMARTS) is 2. The molecule has 11 nitrogen and oxygen atoms in total. The third-order valence-electron chi connectivity index (χ3n) is 6.51. The Bertz CT molecular complexity index is 1760. The fourth-order valence-electron chi connectivity index (χ4n) is 4.02. The van der Waals surface area contributed by atoms with Gasteiger partial charge in [0, 0.05) is 24.3 Å². The first kappa shape index (κ1) is 35.3. The van der Waals surface area contributed by atoms with Crippen LogP contribution in [0.5, 0.6) is 0 Å². The summed E-state index contributed by atoms with van der Waals surface area (Å²) in [7, 11) is -3.74. The molecule has 4 rings (SSSR count). The van der Waals surface area contributed by atoms with E-state index < -0.39 is 34.2 Å². The summed E-state index contributed by atoms with van der Waals surface area (Å²) >= 11 is 6.05. The quantitative estimate of drug-likeness (QED) is 0.142. The second kappa shape index (κ2) is 14.3. The van der Waals surface area contributed by atoms with Crippen LogP contribution in [0.1, 0.15) is 42.3 Å². The number of hydrogen-bond donors (Lipinski definition) is 5. The second-order valence-corrected chi connectivity index (χ2v) is 12.5. The maximum atomic E-state index is 12.6. The van der Waals surface area contributed by atoms with E-state index in [1.54, 1.807) is 54.9 Å². The summed E-state index contributed by atoms with van der Waals surface area (Å²) in [4.78, 5) is 24.8. The van der Waals surface area contributed by atoms with Gasteiger partial charge in [-0.2, -0.15) is 13.2 Å². The summed E-state index contributed by atoms with van der Waals surface area (Å²) in [6.07, 6.45) is -3.64. The highest BCUT2D eigenvalue weighted by molar-refractivity contribution is 7.92. The van der Waals surface area contributed by atoms with Gasteiger partial charge in [0.05, 0.1) is 38.9 Å². The number of carboxylic acids is 2. The van der Waals surface area contributed by atoms with E-state index in [4.69, 9.17) is 21.5 Å². The maximum Gasteiger partial charge on any atom is 0.490 e. The number of aliphatic hydroxyl groups is 1. The number of nitrogens with one attached hydrogen (secondary N) is 2. The van der Waals surface area contributed by atoms with Gasteiger partial charge in [-0.25, -0.2) is 23.0 Å². The highest BCUT2D eigenvalue weighted by Crippen LogP contribution is 2.25. The van der Waals surface area contributed by atoms with E-state index in [1.165, 1.54) is 18.2 Å². The Hall–Kier alpha value is -4.18. The van der Waals surface area contributed by atoms with Gasteiger partial charge in [-0.3, -0.25) is 4.72 Å². The Morgan fingerprint density at radius 1 is 1.02 bits per heavy atom. The van der Waals surface area contributed by atoms with Gasteiger partial charge in [-0.1, -0.05) is 41.9 Å². The van der Waals surface area contributed by atoms with Crippen molar-refractivity contribution in [2.75, 3.05) is 11.3 Å². The number of β-amino-alcohol motifs (C(OH)–C–C–N with tert-alkyl or cyclic N) is 1. The van der Waals surface area contributed by atoms with Crippen LogP contribution < -0.4 is 10.0 Å². The van der Waals surface area contributed by atoms with Gasteiger partial charge in [0.1, 0.15) is 0 Å². The highest BCUT2D eigenvalue weighted by atomic mass is 35.5. The summed E-state index contributed by atoms with van der Waals surface area (Å²) in [6, 6.07) is 17.8. The van der Waals surface area contributed by atoms with Crippen LogP contribution in [-0.2, 0) is 21.4 Å². The molecule has 3 aromatic carbocycles. The molecule has 0 spiro atoms. The maximum absolute atomic E-state index is 12.6. The first-order chi connectivity index (χ1) is 20.9. The van der Waals surface area contributed by atoms with E-state index in [0.29, 0.717) is 35.2 Å². The molecule has 5 N–H and O–H groups in total. The van der Waals surface area contributed by atoms with Crippen molar-refractivity contribution in [3.63, 3.8) is 0 Å². The molecule has 0 aliphatic heterocycles. The Balaban J connectivity index is 0.000000707. The molecule has 1 atom stereocenters. The van der Waals surface area contributed by atoms with E-state index >= 15 is 0 Å². The Labute approximate surface area is 261 Å². The van der Waals surface area contributed by atoms with Gasteiger partial charge >= 0.3 is 18.1 Å². The predicted octanol–water partition coefficient (Wildman–Crippen LogP) is 5.31. The van der Waals surface area contributed by atoms with Crippen molar-refractivity contribution < 1.29 is 46.5 Å². The number of fused-ring (bicyclic) bond motifs is 1. The average molecular weight is 671 g/mol. The number of imidazole rings is 1. The molecule has 0 fully saturated rings. The first-order valence-electron chi connectivity index (χ1n) is 13.2. The van der Waals surface area contributed by atoms with Gasteiger partial charge in [0.15, 0.2) is 0 Å². The normalized spacial score (nSPS) is 12.7. The largest absolute Gasteiger partial charge is 0.490 e. The molecule has 1 aromatic heterocycles. The number of nitrogens with zero attached hydrogens (tertiary/aromatic N) is 2. The summed E-state index contributed by atoms with van der Waals surface area (Å²) in [5.74, 6) is -3.86. The average Bonchev–Trinajstić information content (AvgIpc) is 3.36. The van der Waals surface area contributed by atoms with E-state index in [1.807, 2.05) is 18.4 Å². The van der Waals surface area contributed by atoms with Crippen LogP contribution in [0.3, 0.4) is 0 Å². The summed E-state index contributed by atoms with van der Waals surface area (Å²) in [5.41, 5.74) is 1.86. The SMILES string of the molecule is CC(C)(CCn1cnc2cc(Cl)c(C(=O)O)cc21)NC[C@H](O)c1cccc(NS(=O)(=O)c2ccccc2)c1.O=C(O)C(F)(F)F. The predicted molar refractivity (Wildman–Crippen MR) is 161 cm³/mol. The molecule has 0 aliphatic rings. The lowest BCUT2D eigenvalue weighted by molar-refractivity contribution is -0.192. The van der Waals surface area contributed by atoms with Crippen molar-refractivity contribution in [2.45, 2.75) is 49.5 Å². The molecular formula is C29H30ClF3N4O7S. The number of anilines is 1. The monoisotopic (exact) mass is 670 g/mol. The molecule has 0 radical (unpaired) electrons. The third kappa shape index (κ3) is 9.91. The van der Waals surface area contributed by atoms with Crippen LogP contribution >= 0.6 is 11.6 Å². The molecule has 4 aromatic rings. The number of hydrogen-bond acceptors (Lipinski definition) is 7. The van der Waals surface area contributed by atoms with E-state index in [-0.39, 0.29) is 27.6 Å². The van der Waals surface area contributed by atoms with Gasteiger partial charge in [-0.05, 0) is 62.2 Å². The zero-order chi connectivity index (χ0) is 33.6. The number of aromatic nitrogens is 2. The minimum Gasteiger partial charge on any atom is -0.478 e. The number of aryl methyl sites for hydroxylation is 1. The van der Waals surface area contributed by atoms with Crippen LogP contribution in [0.25, 0.3) is 11.0 Å². The smallest absolute Gasteiger partial charge is 0.478 e. The number of aliphatic carboxylic acids is 1. The van der Waals surface area contributed by atoms with Gasteiger partial charge in [0.2, 0.25) is 0 Å². The number of alkyl halides is 3. The number of aromatic carboxylic acids is 1. The number of sulfonamides is 1. The van der Waals surface area contributed by atoms with Crippen molar-refractivity contribution >= 4 is 50.3 Å². The molecule has 0 amide bonds. The molecule has 242 valence electrons. The molecule has 45 heavy (non-hydrogen) atoms. The fraction of sp³-hybridized carbons (Fsp3) is 0.276. The van der Waals surface area contributed by atoms with Gasteiger partial charge in [-0.15, -0.1) is 0 Å². The van der Waals surface area contributed by atoms with E-state index in [2.05, 4.69) is 15.0 Å². The third-order valence-corrected chi connectivity index (χ3v) is 8.22. The zero-order valence-electron chi connectivity index (χ0n) is 23.9. The van der Waals surface area contributed by atoms with Gasteiger partial charge in [0.25, 0.3) is 10.0 Å². The standard InChI is InChI=1S/C27H29ClN4O5S.C2HF3O2/c1-27(2,11-12-32-17-29-23-15-22(28)21(26(34)35)14-24(23)32)30-16-25(33)18-7-6-8-19(13-18)31-38(36,37)20-9-4-3-5-10-20;3-2(4,5)1(6)7/h3-10,13-15,17,25,30-31,33H,11-12,16H2,1-2H3,(H,34,35);(H,6,7)/t25-;/m0./s1. The Morgan fingerprint density at radius 3 is 2.27 bits per heavy atom. The van der Waals surface area contributed by atoms with Crippen molar-refractivity contribution in [3.8, 4) is 0 Å². The number of halogens is 4. The van der Waals surface area contributed by atoms with Crippen LogP contribution in [0, 0.1) is 0 Å². The molecule has 0 bridgehead atoms. The van der Waals surface area contributed by atoms with Crippen molar-refractivity contribution in [3.05, 3.63) is 89.2 Å². The number of rotatable bonds is 11. The van der Waals surface area contributed by atoms with Crippen LogP contribution in [0.4, 0.5) is 18.9 Å². The van der Waals surface area contributed by atoms with Crippen LogP contribution in [-0.4, -0.2) is 63.5 Å². The van der Waals surface area contributed by atoms with Crippen LogP contribution in [0.15, 0.2) is 78.0 Å². The molecule has 1 heterocycles. The fourth-order valence-corrected chi connectivity index (χ4v) is 5.33. The first-order valence-corrected chi connectivity index (χ1v) is 15.0. The molecule has 0 saturated heterocycles. The lowest BCUT2D eigenvalue weighted by atomic mass is 9.99. The van der Waals surface area contributed by atoms with Crippen molar-refractivity contribution in [1.82, 2.24) is 14.9 Å². The molecular weight excluding hydrogens is 641 g/mol. The minimum absolute atomic E-state index is 0.0229. The van der Waals surface area contributed by atoms with Crippen molar-refractivity contribution in [1.29, 1.82) is 0 Å². The number of benzene rings is 3. The molecule has 0 aliphatic carbocycles. The number of aliphatic hydroxyl groups excluding tert-OH is 1.